The van der Waals surface area contributed by atoms with E-state index in [1.165, 1.54) is 11.1 Å². The summed E-state index contributed by atoms with van der Waals surface area (Å²) < 4.78 is 0. The van der Waals surface area contributed by atoms with Crippen LogP contribution in [-0.4, -0.2) is 33.2 Å². The number of aliphatic hydroxyl groups is 1. The fraction of sp³-hybridized carbons (Fsp3) is 0.250. The molecule has 6 heteroatoms. The van der Waals surface area contributed by atoms with E-state index in [0.29, 0.717) is 24.7 Å². The minimum Gasteiger partial charge on any atom is -0.396 e. The highest BCUT2D eigenvalue weighted by Crippen LogP contribution is 2.25. The molecule has 2 aromatic heterocycles. The van der Waals surface area contributed by atoms with Crippen LogP contribution in [0.1, 0.15) is 17.5 Å². The van der Waals surface area contributed by atoms with Gasteiger partial charge in [-0.25, -0.2) is 4.98 Å². The number of aliphatic hydroxyl groups excluding tert-OH is 1. The lowest BCUT2D eigenvalue weighted by molar-refractivity contribution is 0.292. The summed E-state index contributed by atoms with van der Waals surface area (Å²) >= 11 is 0. The number of benzene rings is 1. The highest BCUT2D eigenvalue weighted by atomic mass is 16.3. The van der Waals surface area contributed by atoms with E-state index in [1.807, 2.05) is 30.3 Å². The average Bonchev–Trinajstić information content (AvgIpc) is 2.66. The number of pyridine rings is 1. The Morgan fingerprint density at radius 1 is 1.04 bits per heavy atom. The molecule has 0 aliphatic rings. The molecule has 3 aromatic rings. The zero-order valence-corrected chi connectivity index (χ0v) is 15.0. The number of anilines is 3. The first-order chi connectivity index (χ1) is 12.7. The van der Waals surface area contributed by atoms with Crippen LogP contribution in [-0.2, 0) is 0 Å². The second-order valence-electron chi connectivity index (χ2n) is 6.07. The van der Waals surface area contributed by atoms with Gasteiger partial charge < -0.3 is 15.7 Å². The van der Waals surface area contributed by atoms with Gasteiger partial charge in [-0.2, -0.15) is 4.98 Å². The Bertz CT molecular complexity index is 867. The summed E-state index contributed by atoms with van der Waals surface area (Å²) in [6.07, 6.45) is 4.13. The van der Waals surface area contributed by atoms with Gasteiger partial charge in [-0.05, 0) is 49.6 Å². The molecule has 0 aliphatic heterocycles. The van der Waals surface area contributed by atoms with Gasteiger partial charge >= 0.3 is 0 Å². The standard InChI is InChI=1S/C20H23N5O/c1-14-5-3-6-17(15(14)2)23-19-13-18(16-7-10-21-11-8-16)24-20(25-19)22-9-4-12-26/h3,5-8,10-11,13,26H,4,9,12H2,1-2H3,(H2,22,23,24,25). The maximum absolute atomic E-state index is 8.98. The first kappa shape index (κ1) is 17.8. The Balaban J connectivity index is 1.95. The zero-order chi connectivity index (χ0) is 18.4. The molecular weight excluding hydrogens is 326 g/mol. The normalized spacial score (nSPS) is 10.6. The Labute approximate surface area is 153 Å². The first-order valence-electron chi connectivity index (χ1n) is 8.65. The molecule has 0 saturated carbocycles. The summed E-state index contributed by atoms with van der Waals surface area (Å²) in [5, 5.41) is 15.6. The monoisotopic (exact) mass is 349 g/mol. The van der Waals surface area contributed by atoms with Gasteiger partial charge in [0.15, 0.2) is 0 Å². The molecule has 0 amide bonds. The van der Waals surface area contributed by atoms with E-state index in [2.05, 4.69) is 45.5 Å². The molecule has 0 saturated heterocycles. The lowest BCUT2D eigenvalue weighted by Crippen LogP contribution is -2.09. The van der Waals surface area contributed by atoms with Crippen molar-refractivity contribution in [2.45, 2.75) is 20.3 Å². The van der Waals surface area contributed by atoms with Crippen molar-refractivity contribution in [3.8, 4) is 11.3 Å². The van der Waals surface area contributed by atoms with Gasteiger partial charge in [0.05, 0.1) is 5.69 Å². The van der Waals surface area contributed by atoms with Crippen LogP contribution >= 0.6 is 0 Å². The van der Waals surface area contributed by atoms with Crippen LogP contribution in [0.4, 0.5) is 17.5 Å². The fourth-order valence-electron chi connectivity index (χ4n) is 2.56. The predicted molar refractivity (Wildman–Crippen MR) is 105 cm³/mol. The van der Waals surface area contributed by atoms with Gasteiger partial charge in [-0.15, -0.1) is 0 Å². The number of rotatable bonds is 7. The summed E-state index contributed by atoms with van der Waals surface area (Å²) in [5.74, 6) is 1.24. The summed E-state index contributed by atoms with van der Waals surface area (Å²) in [4.78, 5) is 13.2. The van der Waals surface area contributed by atoms with E-state index >= 15 is 0 Å². The molecule has 0 unspecified atom stereocenters. The van der Waals surface area contributed by atoms with E-state index in [1.54, 1.807) is 12.4 Å². The predicted octanol–water partition coefficient (Wildman–Crippen LogP) is 3.69. The molecule has 26 heavy (non-hydrogen) atoms. The summed E-state index contributed by atoms with van der Waals surface area (Å²) in [6.45, 7) is 4.91. The molecule has 1 aromatic carbocycles. The van der Waals surface area contributed by atoms with Gasteiger partial charge in [0.25, 0.3) is 0 Å². The van der Waals surface area contributed by atoms with E-state index in [4.69, 9.17) is 5.11 Å². The molecule has 6 nitrogen and oxygen atoms in total. The molecule has 0 radical (unpaired) electrons. The largest absolute Gasteiger partial charge is 0.396 e. The molecule has 0 atom stereocenters. The van der Waals surface area contributed by atoms with Crippen LogP contribution in [0.3, 0.4) is 0 Å². The van der Waals surface area contributed by atoms with E-state index in [0.717, 1.165) is 16.9 Å². The van der Waals surface area contributed by atoms with Crippen molar-refractivity contribution >= 4 is 17.5 Å². The van der Waals surface area contributed by atoms with E-state index < -0.39 is 0 Å². The lowest BCUT2D eigenvalue weighted by atomic mass is 10.1. The van der Waals surface area contributed by atoms with Crippen molar-refractivity contribution in [3.05, 3.63) is 59.9 Å². The molecule has 2 heterocycles. The average molecular weight is 349 g/mol. The third-order valence-corrected chi connectivity index (χ3v) is 4.19. The van der Waals surface area contributed by atoms with E-state index in [9.17, 15) is 0 Å². The summed E-state index contributed by atoms with van der Waals surface area (Å²) in [5.41, 5.74) is 5.20. The first-order valence-corrected chi connectivity index (χ1v) is 8.65. The number of aromatic nitrogens is 3. The van der Waals surface area contributed by atoms with Crippen molar-refractivity contribution < 1.29 is 5.11 Å². The van der Waals surface area contributed by atoms with Crippen molar-refractivity contribution in [1.29, 1.82) is 0 Å². The molecule has 3 N–H and O–H groups in total. The maximum atomic E-state index is 8.98. The van der Waals surface area contributed by atoms with Crippen molar-refractivity contribution in [1.82, 2.24) is 15.0 Å². The minimum absolute atomic E-state index is 0.130. The Kier molecular flexibility index (Phi) is 5.76. The highest BCUT2D eigenvalue weighted by Gasteiger charge is 2.09. The molecular formula is C20H23N5O. The third-order valence-electron chi connectivity index (χ3n) is 4.19. The second-order valence-corrected chi connectivity index (χ2v) is 6.07. The van der Waals surface area contributed by atoms with Gasteiger partial charge in [-0.1, -0.05) is 12.1 Å². The van der Waals surface area contributed by atoms with Gasteiger partial charge in [0.2, 0.25) is 5.95 Å². The van der Waals surface area contributed by atoms with Crippen LogP contribution in [0.2, 0.25) is 0 Å². The molecule has 0 aliphatic carbocycles. The van der Waals surface area contributed by atoms with Gasteiger partial charge in [0, 0.05) is 42.9 Å². The smallest absolute Gasteiger partial charge is 0.225 e. The topological polar surface area (TPSA) is 83.0 Å². The van der Waals surface area contributed by atoms with Gasteiger partial charge in [-0.3, -0.25) is 4.98 Å². The Hall–Kier alpha value is -2.99. The summed E-state index contributed by atoms with van der Waals surface area (Å²) in [6, 6.07) is 11.9. The minimum atomic E-state index is 0.130. The maximum Gasteiger partial charge on any atom is 0.225 e. The van der Waals surface area contributed by atoms with Crippen LogP contribution in [0, 0.1) is 13.8 Å². The second kappa shape index (κ2) is 8.40. The van der Waals surface area contributed by atoms with Crippen molar-refractivity contribution in [2.24, 2.45) is 0 Å². The lowest BCUT2D eigenvalue weighted by Gasteiger charge is -2.13. The molecule has 3 rings (SSSR count). The van der Waals surface area contributed by atoms with Crippen LogP contribution in [0.5, 0.6) is 0 Å². The molecule has 0 spiro atoms. The Morgan fingerprint density at radius 2 is 1.85 bits per heavy atom. The number of nitrogens with one attached hydrogen (secondary N) is 2. The molecule has 0 bridgehead atoms. The summed E-state index contributed by atoms with van der Waals surface area (Å²) in [7, 11) is 0. The fourth-order valence-corrected chi connectivity index (χ4v) is 2.56. The van der Waals surface area contributed by atoms with Crippen LogP contribution < -0.4 is 10.6 Å². The quantitative estimate of drug-likeness (QED) is 0.564. The highest BCUT2D eigenvalue weighted by molar-refractivity contribution is 5.68. The SMILES string of the molecule is Cc1cccc(Nc2cc(-c3ccncc3)nc(NCCCO)n2)c1C. The van der Waals surface area contributed by atoms with E-state index in [-0.39, 0.29) is 6.61 Å². The Morgan fingerprint density at radius 3 is 2.62 bits per heavy atom. The van der Waals surface area contributed by atoms with Crippen LogP contribution in [0.15, 0.2) is 48.8 Å². The third kappa shape index (κ3) is 4.34. The van der Waals surface area contributed by atoms with Gasteiger partial charge in [0.1, 0.15) is 5.82 Å². The van der Waals surface area contributed by atoms with Crippen molar-refractivity contribution in [2.75, 3.05) is 23.8 Å². The van der Waals surface area contributed by atoms with Crippen molar-refractivity contribution in [3.63, 3.8) is 0 Å². The number of nitrogens with zero attached hydrogens (tertiary/aromatic N) is 3. The zero-order valence-electron chi connectivity index (χ0n) is 15.0. The molecule has 0 fully saturated rings. The number of hydrogen-bond donors (Lipinski definition) is 3. The number of aryl methyl sites for hydroxylation is 1. The number of hydrogen-bond acceptors (Lipinski definition) is 6. The molecule has 134 valence electrons. The van der Waals surface area contributed by atoms with Crippen LogP contribution in [0.25, 0.3) is 11.3 Å².